The van der Waals surface area contributed by atoms with Crippen molar-refractivity contribution >= 4 is 22.6 Å². The fourth-order valence-corrected chi connectivity index (χ4v) is 3.35. The number of benzene rings is 1. The van der Waals surface area contributed by atoms with E-state index in [1.807, 2.05) is 26.0 Å². The normalized spacial score (nSPS) is 15.4. The number of piperidine rings is 1. The van der Waals surface area contributed by atoms with Crippen LogP contribution in [0.3, 0.4) is 0 Å². The van der Waals surface area contributed by atoms with Crippen molar-refractivity contribution in [1.82, 2.24) is 20.4 Å². The van der Waals surface area contributed by atoms with E-state index < -0.39 is 0 Å². The Morgan fingerprint density at radius 3 is 2.54 bits per heavy atom. The number of rotatable bonds is 4. The molecular formula is C19H24N4O3. The van der Waals surface area contributed by atoms with Crippen molar-refractivity contribution < 1.29 is 9.59 Å². The van der Waals surface area contributed by atoms with Crippen LogP contribution in [0.2, 0.25) is 0 Å². The van der Waals surface area contributed by atoms with Crippen LogP contribution in [0.1, 0.15) is 32.4 Å². The molecule has 0 unspecified atom stereocenters. The Balaban J connectivity index is 1.65. The Morgan fingerprint density at radius 2 is 1.88 bits per heavy atom. The lowest BCUT2D eigenvalue weighted by Crippen LogP contribution is -2.44. The van der Waals surface area contributed by atoms with Gasteiger partial charge in [0.1, 0.15) is 0 Å². The molecule has 26 heavy (non-hydrogen) atoms. The smallest absolute Gasteiger partial charge is 0.272 e. The first kappa shape index (κ1) is 18.1. The highest BCUT2D eigenvalue weighted by Crippen LogP contribution is 2.19. The van der Waals surface area contributed by atoms with Gasteiger partial charge in [-0.05, 0) is 32.8 Å². The van der Waals surface area contributed by atoms with Crippen molar-refractivity contribution in [2.24, 2.45) is 5.92 Å². The molecule has 138 valence electrons. The third kappa shape index (κ3) is 3.92. The van der Waals surface area contributed by atoms with Gasteiger partial charge in [0.25, 0.3) is 5.56 Å². The Bertz CT molecular complexity index is 866. The lowest BCUT2D eigenvalue weighted by Gasteiger charge is -2.31. The van der Waals surface area contributed by atoms with E-state index in [0.717, 1.165) is 0 Å². The van der Waals surface area contributed by atoms with Crippen molar-refractivity contribution in [1.29, 1.82) is 0 Å². The molecule has 2 N–H and O–H groups in total. The van der Waals surface area contributed by atoms with Gasteiger partial charge in [0, 0.05) is 30.4 Å². The quantitative estimate of drug-likeness (QED) is 0.861. The Kier molecular flexibility index (Phi) is 5.35. The predicted molar refractivity (Wildman–Crippen MR) is 98.7 cm³/mol. The van der Waals surface area contributed by atoms with Crippen LogP contribution >= 0.6 is 0 Å². The van der Waals surface area contributed by atoms with Gasteiger partial charge in [-0.1, -0.05) is 18.2 Å². The number of aromatic nitrogens is 2. The van der Waals surface area contributed by atoms with Gasteiger partial charge in [-0.3, -0.25) is 14.4 Å². The van der Waals surface area contributed by atoms with E-state index in [-0.39, 0.29) is 35.8 Å². The minimum absolute atomic E-state index is 0.0302. The molecule has 1 aliphatic rings. The number of aromatic amines is 1. The minimum Gasteiger partial charge on any atom is -0.354 e. The van der Waals surface area contributed by atoms with Gasteiger partial charge in [0.15, 0.2) is 0 Å². The Hall–Kier alpha value is -2.70. The number of nitrogens with one attached hydrogen (secondary N) is 2. The van der Waals surface area contributed by atoms with Gasteiger partial charge < -0.3 is 10.2 Å². The first-order valence-corrected chi connectivity index (χ1v) is 9.00. The zero-order chi connectivity index (χ0) is 18.7. The molecule has 0 radical (unpaired) electrons. The number of H-pyrrole nitrogens is 1. The average molecular weight is 356 g/mol. The van der Waals surface area contributed by atoms with E-state index in [4.69, 9.17) is 0 Å². The van der Waals surface area contributed by atoms with E-state index in [2.05, 4.69) is 15.5 Å². The topological polar surface area (TPSA) is 95.2 Å². The summed E-state index contributed by atoms with van der Waals surface area (Å²) in [7, 11) is 0. The van der Waals surface area contributed by atoms with E-state index >= 15 is 0 Å². The van der Waals surface area contributed by atoms with Crippen molar-refractivity contribution in [2.75, 3.05) is 13.1 Å². The lowest BCUT2D eigenvalue weighted by molar-refractivity contribution is -0.135. The lowest BCUT2D eigenvalue weighted by atomic mass is 9.95. The van der Waals surface area contributed by atoms with Crippen molar-refractivity contribution in [3.05, 3.63) is 40.3 Å². The molecule has 1 aliphatic heterocycles. The summed E-state index contributed by atoms with van der Waals surface area (Å²) in [6, 6.07) is 7.28. The third-order valence-electron chi connectivity index (χ3n) is 4.74. The van der Waals surface area contributed by atoms with Crippen molar-refractivity contribution in [3.8, 4) is 0 Å². The second-order valence-corrected chi connectivity index (χ2v) is 7.04. The summed E-state index contributed by atoms with van der Waals surface area (Å²) in [5.74, 6) is 0.00583. The van der Waals surface area contributed by atoms with Gasteiger partial charge in [0.05, 0.1) is 17.5 Å². The van der Waals surface area contributed by atoms with Crippen LogP contribution in [0.4, 0.5) is 0 Å². The Labute approximate surface area is 151 Å². The van der Waals surface area contributed by atoms with E-state index in [1.54, 1.807) is 17.0 Å². The molecule has 0 spiro atoms. The summed E-state index contributed by atoms with van der Waals surface area (Å²) in [4.78, 5) is 38.4. The molecule has 2 aromatic rings. The van der Waals surface area contributed by atoms with Gasteiger partial charge in [-0.25, -0.2) is 5.10 Å². The van der Waals surface area contributed by atoms with Gasteiger partial charge in [-0.15, -0.1) is 0 Å². The van der Waals surface area contributed by atoms with E-state index in [9.17, 15) is 14.4 Å². The van der Waals surface area contributed by atoms with Crippen molar-refractivity contribution in [2.45, 2.75) is 39.2 Å². The summed E-state index contributed by atoms with van der Waals surface area (Å²) in [5.41, 5.74) is 0.318. The summed E-state index contributed by atoms with van der Waals surface area (Å²) >= 11 is 0. The molecule has 2 amide bonds. The maximum atomic E-state index is 12.6. The van der Waals surface area contributed by atoms with Crippen LogP contribution in [0.15, 0.2) is 29.1 Å². The van der Waals surface area contributed by atoms with Crippen LogP contribution in [0.5, 0.6) is 0 Å². The fourth-order valence-electron chi connectivity index (χ4n) is 3.35. The van der Waals surface area contributed by atoms with Crippen LogP contribution in [-0.4, -0.2) is 46.0 Å². The molecule has 1 aromatic heterocycles. The molecule has 1 fully saturated rings. The molecule has 1 aromatic carbocycles. The highest BCUT2D eigenvalue weighted by Gasteiger charge is 2.28. The predicted octanol–water partition coefficient (Wildman–Crippen LogP) is 1.23. The number of nitrogens with zero attached hydrogens (tertiary/aromatic N) is 2. The van der Waals surface area contributed by atoms with Crippen LogP contribution in [0, 0.1) is 5.92 Å². The van der Waals surface area contributed by atoms with Gasteiger partial charge in [-0.2, -0.15) is 5.10 Å². The molecule has 0 bridgehead atoms. The maximum Gasteiger partial charge on any atom is 0.272 e. The van der Waals surface area contributed by atoms with E-state index in [1.165, 1.54) is 0 Å². The summed E-state index contributed by atoms with van der Waals surface area (Å²) < 4.78 is 0. The number of hydrogen-bond donors (Lipinski definition) is 2. The fraction of sp³-hybridized carbons (Fsp3) is 0.474. The van der Waals surface area contributed by atoms with Crippen LogP contribution in [-0.2, 0) is 16.0 Å². The third-order valence-corrected chi connectivity index (χ3v) is 4.74. The van der Waals surface area contributed by atoms with Crippen LogP contribution < -0.4 is 10.9 Å². The second kappa shape index (κ2) is 7.68. The SMILES string of the molecule is CC(C)NC(=O)C1CCN(C(=O)Cc2n[nH]c(=O)c3ccccc23)CC1. The van der Waals surface area contributed by atoms with Crippen molar-refractivity contribution in [3.63, 3.8) is 0 Å². The van der Waals surface area contributed by atoms with Gasteiger partial charge in [0.2, 0.25) is 11.8 Å². The number of carbonyl (C=O) groups is 2. The average Bonchev–Trinajstić information content (AvgIpc) is 2.64. The molecule has 7 nitrogen and oxygen atoms in total. The summed E-state index contributed by atoms with van der Waals surface area (Å²) in [6.07, 6.45) is 1.48. The zero-order valence-electron chi connectivity index (χ0n) is 15.1. The number of carbonyl (C=O) groups excluding carboxylic acids is 2. The maximum absolute atomic E-state index is 12.6. The first-order chi connectivity index (χ1) is 12.5. The molecule has 0 saturated carbocycles. The van der Waals surface area contributed by atoms with Gasteiger partial charge >= 0.3 is 0 Å². The monoisotopic (exact) mass is 356 g/mol. The standard InChI is InChI=1S/C19H24N4O3/c1-12(2)20-18(25)13-7-9-23(10-8-13)17(24)11-16-14-5-3-4-6-15(14)19(26)22-21-16/h3-6,12-13H,7-11H2,1-2H3,(H,20,25)(H,22,26). The van der Waals surface area contributed by atoms with E-state index in [0.29, 0.717) is 42.4 Å². The number of likely N-dealkylation sites (tertiary alicyclic amines) is 1. The molecule has 7 heteroatoms. The Morgan fingerprint density at radius 1 is 1.23 bits per heavy atom. The largest absolute Gasteiger partial charge is 0.354 e. The number of amides is 2. The summed E-state index contributed by atoms with van der Waals surface area (Å²) in [5, 5.41) is 10.7. The molecule has 1 saturated heterocycles. The highest BCUT2D eigenvalue weighted by molar-refractivity contribution is 5.88. The molecule has 3 rings (SSSR count). The molecular weight excluding hydrogens is 332 g/mol. The second-order valence-electron chi connectivity index (χ2n) is 7.04. The summed E-state index contributed by atoms with van der Waals surface area (Å²) in [6.45, 7) is 5.02. The molecule has 2 heterocycles. The molecule has 0 atom stereocenters. The minimum atomic E-state index is -0.256. The first-order valence-electron chi connectivity index (χ1n) is 9.00. The number of hydrogen-bond acceptors (Lipinski definition) is 4. The number of fused-ring (bicyclic) bond motifs is 1. The highest BCUT2D eigenvalue weighted by atomic mass is 16.2. The zero-order valence-corrected chi connectivity index (χ0v) is 15.1. The van der Waals surface area contributed by atoms with Crippen LogP contribution in [0.25, 0.3) is 10.8 Å². The molecule has 0 aliphatic carbocycles.